The van der Waals surface area contributed by atoms with Crippen LogP contribution in [-0.2, 0) is 24.6 Å². The van der Waals surface area contributed by atoms with E-state index in [1.807, 2.05) is 4.72 Å². The number of nitrogens with zero attached hydrogens (tertiary/aromatic N) is 4. The Morgan fingerprint density at radius 1 is 1.41 bits per heavy atom. The van der Waals surface area contributed by atoms with Crippen molar-refractivity contribution in [3.8, 4) is 0 Å². The lowest BCUT2D eigenvalue weighted by molar-refractivity contribution is -0.141. The van der Waals surface area contributed by atoms with E-state index in [0.29, 0.717) is 16.2 Å². The number of hydrogen-bond acceptors (Lipinski definition) is 12. The molecule has 0 aliphatic carbocycles. The van der Waals surface area contributed by atoms with Gasteiger partial charge >= 0.3 is 16.2 Å². The van der Waals surface area contributed by atoms with Crippen LogP contribution in [0, 0.1) is 13.8 Å². The van der Waals surface area contributed by atoms with Crippen LogP contribution in [0.25, 0.3) is 0 Å². The Labute approximate surface area is 185 Å². The number of β-lactam (4-membered cyclic amide) rings is 1. The van der Waals surface area contributed by atoms with Crippen LogP contribution in [0.2, 0.25) is 0 Å². The maximum absolute atomic E-state index is 12.4. The van der Waals surface area contributed by atoms with Gasteiger partial charge in [0.05, 0.1) is 12.2 Å². The highest BCUT2D eigenvalue weighted by atomic mass is 32.2. The molecule has 15 nitrogen and oxygen atoms in total. The van der Waals surface area contributed by atoms with Crippen LogP contribution >= 0.6 is 11.3 Å². The van der Waals surface area contributed by atoms with Crippen molar-refractivity contribution in [2.45, 2.75) is 19.9 Å². The fraction of sp³-hybridized carbons (Fsp3) is 0.333. The molecule has 0 spiro atoms. The van der Waals surface area contributed by atoms with E-state index in [4.69, 9.17) is 10.3 Å². The van der Waals surface area contributed by atoms with Crippen LogP contribution in [0.15, 0.2) is 15.1 Å². The number of amides is 4. The summed E-state index contributed by atoms with van der Waals surface area (Å²) < 4.78 is 32.7. The second-order valence-electron chi connectivity index (χ2n) is 6.40. The van der Waals surface area contributed by atoms with Crippen LogP contribution < -0.4 is 20.5 Å². The topological polar surface area (TPSA) is 211 Å². The summed E-state index contributed by atoms with van der Waals surface area (Å²) in [6.45, 7) is 2.90. The van der Waals surface area contributed by atoms with Gasteiger partial charge in [-0.3, -0.25) is 14.5 Å². The minimum atomic E-state index is -4.40. The summed E-state index contributed by atoms with van der Waals surface area (Å²) in [5.74, 6) is -1.79. The van der Waals surface area contributed by atoms with E-state index in [2.05, 4.69) is 25.5 Å². The highest BCUT2D eigenvalue weighted by molar-refractivity contribution is 7.91. The highest BCUT2D eigenvalue weighted by Gasteiger charge is 2.43. The number of aryl methyl sites for hydroxylation is 1. The molecule has 0 unspecified atom stereocenters. The molecule has 1 atom stereocenters. The third-order valence-corrected chi connectivity index (χ3v) is 5.82. The van der Waals surface area contributed by atoms with Gasteiger partial charge in [0.1, 0.15) is 18.8 Å². The van der Waals surface area contributed by atoms with Gasteiger partial charge in [0.15, 0.2) is 10.8 Å². The molecular weight excluding hydrogens is 468 g/mol. The van der Waals surface area contributed by atoms with Gasteiger partial charge in [-0.05, 0) is 13.8 Å². The lowest BCUT2D eigenvalue weighted by Gasteiger charge is -2.36. The Morgan fingerprint density at radius 2 is 2.12 bits per heavy atom. The summed E-state index contributed by atoms with van der Waals surface area (Å²) in [4.78, 5) is 46.0. The SMILES string of the molecule is CON=C(C(=O)N[C@H]1CN(C(=O)NS(=O)(=O)Nc2onc(C)c2C)C1=O)c1csc(N)n1. The molecule has 3 heterocycles. The molecule has 5 N–H and O–H groups in total. The molecule has 0 bridgehead atoms. The molecule has 1 aliphatic heterocycles. The number of oxime groups is 1. The molecule has 1 saturated heterocycles. The Balaban J connectivity index is 1.58. The zero-order valence-electron chi connectivity index (χ0n) is 16.9. The monoisotopic (exact) mass is 486 g/mol. The molecule has 2 aromatic heterocycles. The number of imide groups is 1. The first-order valence-electron chi connectivity index (χ1n) is 8.74. The smallest absolute Gasteiger partial charge is 0.339 e. The molecule has 0 aromatic carbocycles. The molecule has 2 aromatic rings. The Hall–Kier alpha value is -3.73. The fourth-order valence-electron chi connectivity index (χ4n) is 2.46. The van der Waals surface area contributed by atoms with E-state index in [9.17, 15) is 22.8 Å². The summed E-state index contributed by atoms with van der Waals surface area (Å²) in [6, 6.07) is -2.29. The summed E-state index contributed by atoms with van der Waals surface area (Å²) in [6.07, 6.45) is 0. The van der Waals surface area contributed by atoms with Gasteiger partial charge < -0.3 is 20.4 Å². The fourth-order valence-corrected chi connectivity index (χ4v) is 3.84. The number of nitrogens with one attached hydrogen (secondary N) is 3. The van der Waals surface area contributed by atoms with E-state index in [1.54, 1.807) is 18.6 Å². The lowest BCUT2D eigenvalue weighted by atomic mass is 10.1. The number of likely N-dealkylation sites (tertiary alicyclic amines) is 1. The highest BCUT2D eigenvalue weighted by Crippen LogP contribution is 2.19. The van der Waals surface area contributed by atoms with Crippen molar-refractivity contribution in [1.29, 1.82) is 0 Å². The van der Waals surface area contributed by atoms with Gasteiger partial charge in [0.25, 0.3) is 11.8 Å². The molecule has 172 valence electrons. The largest absolute Gasteiger partial charge is 0.398 e. The first-order chi connectivity index (χ1) is 15.0. The van der Waals surface area contributed by atoms with E-state index in [0.717, 1.165) is 11.3 Å². The number of nitrogen functional groups attached to an aromatic ring is 1. The number of rotatable bonds is 7. The molecule has 17 heteroatoms. The molecule has 3 rings (SSSR count). The second kappa shape index (κ2) is 8.79. The molecule has 1 aliphatic rings. The van der Waals surface area contributed by atoms with Crippen molar-refractivity contribution in [1.82, 2.24) is 25.1 Å². The van der Waals surface area contributed by atoms with Crippen molar-refractivity contribution in [2.24, 2.45) is 5.16 Å². The maximum Gasteiger partial charge on any atom is 0.339 e. The number of nitrogens with two attached hydrogens (primary N) is 1. The number of carbonyl (C=O) groups is 3. The average Bonchev–Trinajstić information content (AvgIpc) is 3.28. The van der Waals surface area contributed by atoms with E-state index in [1.165, 1.54) is 12.5 Å². The predicted octanol–water partition coefficient (Wildman–Crippen LogP) is -0.926. The van der Waals surface area contributed by atoms with Crippen molar-refractivity contribution in [2.75, 3.05) is 24.1 Å². The Bertz CT molecular complexity index is 1200. The molecular formula is C15H18N8O7S2. The summed E-state index contributed by atoms with van der Waals surface area (Å²) in [7, 11) is -3.18. The normalized spacial score (nSPS) is 16.3. The standard InChI is InChI=1S/C15H18N8O7S2/c1-6-7(2)19-30-12(6)21-32(27,28)22-15(26)23-4-8(13(23)25)17-11(24)10(20-29-3)9-5-31-14(16)18-9/h5,8,21H,4H2,1-3H3,(H2,16,18)(H,17,24)(H,22,26)/t8-/m0/s1. The molecule has 0 radical (unpaired) electrons. The van der Waals surface area contributed by atoms with Crippen LogP contribution in [0.3, 0.4) is 0 Å². The van der Waals surface area contributed by atoms with Gasteiger partial charge in [0, 0.05) is 10.9 Å². The molecule has 32 heavy (non-hydrogen) atoms. The van der Waals surface area contributed by atoms with Crippen molar-refractivity contribution in [3.05, 3.63) is 22.3 Å². The number of thiazole rings is 1. The minimum Gasteiger partial charge on any atom is -0.398 e. The predicted molar refractivity (Wildman–Crippen MR) is 111 cm³/mol. The van der Waals surface area contributed by atoms with Crippen molar-refractivity contribution in [3.63, 3.8) is 0 Å². The number of carbonyl (C=O) groups excluding carboxylic acids is 3. The first kappa shape index (κ1) is 22.9. The molecule has 0 saturated carbocycles. The number of anilines is 2. The quantitative estimate of drug-likeness (QED) is 0.214. The second-order valence-corrected chi connectivity index (χ2v) is 8.71. The van der Waals surface area contributed by atoms with E-state index in [-0.39, 0.29) is 29.0 Å². The van der Waals surface area contributed by atoms with E-state index >= 15 is 0 Å². The summed E-state index contributed by atoms with van der Waals surface area (Å²) in [5, 5.41) is 11.2. The minimum absolute atomic E-state index is 0.142. The number of aromatic nitrogens is 2. The van der Waals surface area contributed by atoms with Gasteiger partial charge in [-0.15, -0.1) is 11.3 Å². The van der Waals surface area contributed by atoms with Crippen LogP contribution in [-0.4, -0.2) is 66.7 Å². The Kier molecular flexibility index (Phi) is 6.30. The van der Waals surface area contributed by atoms with Crippen LogP contribution in [0.4, 0.5) is 15.8 Å². The van der Waals surface area contributed by atoms with Gasteiger partial charge in [-0.25, -0.2) is 19.2 Å². The van der Waals surface area contributed by atoms with E-state index < -0.39 is 34.1 Å². The van der Waals surface area contributed by atoms with Crippen molar-refractivity contribution < 1.29 is 32.2 Å². The van der Waals surface area contributed by atoms with Crippen molar-refractivity contribution >= 4 is 56.1 Å². The van der Waals surface area contributed by atoms with Crippen LogP contribution in [0.5, 0.6) is 0 Å². The molecule has 1 fully saturated rings. The third kappa shape index (κ3) is 4.78. The maximum atomic E-state index is 12.4. The third-order valence-electron chi connectivity index (χ3n) is 4.25. The first-order valence-corrected chi connectivity index (χ1v) is 11.1. The van der Waals surface area contributed by atoms with Gasteiger partial charge in [-0.2, -0.15) is 8.42 Å². The molecule has 4 amide bonds. The average molecular weight is 486 g/mol. The van der Waals surface area contributed by atoms with Gasteiger partial charge in [0.2, 0.25) is 5.88 Å². The lowest BCUT2D eigenvalue weighted by Crippen LogP contribution is -2.68. The number of hydrogen-bond donors (Lipinski definition) is 4. The zero-order valence-corrected chi connectivity index (χ0v) is 18.5. The Morgan fingerprint density at radius 3 is 2.66 bits per heavy atom. The van der Waals surface area contributed by atoms with Crippen LogP contribution in [0.1, 0.15) is 17.0 Å². The number of urea groups is 1. The summed E-state index contributed by atoms with van der Waals surface area (Å²) in [5.41, 5.74) is 6.36. The summed E-state index contributed by atoms with van der Waals surface area (Å²) >= 11 is 1.08. The zero-order chi connectivity index (χ0) is 23.6. The van der Waals surface area contributed by atoms with Gasteiger partial charge in [-0.1, -0.05) is 10.3 Å².